The Morgan fingerprint density at radius 2 is 1.80 bits per heavy atom. The van der Waals surface area contributed by atoms with E-state index in [9.17, 15) is 8.78 Å². The highest BCUT2D eigenvalue weighted by molar-refractivity contribution is 5.75. The molecule has 0 unspecified atom stereocenters. The van der Waals surface area contributed by atoms with Gasteiger partial charge in [0.05, 0.1) is 17.4 Å². The summed E-state index contributed by atoms with van der Waals surface area (Å²) in [6.07, 6.45) is 1.62. The molecule has 1 aromatic heterocycles. The van der Waals surface area contributed by atoms with Gasteiger partial charge in [-0.2, -0.15) is 0 Å². The fraction of sp³-hybridized carbons (Fsp3) is 0.188. The Balaban J connectivity index is 2.07. The molecule has 3 aromatic rings. The summed E-state index contributed by atoms with van der Waals surface area (Å²) in [7, 11) is 0. The van der Waals surface area contributed by atoms with Crippen LogP contribution in [0.5, 0.6) is 0 Å². The molecule has 0 N–H and O–H groups in total. The van der Waals surface area contributed by atoms with E-state index in [1.807, 2.05) is 18.4 Å². The SMILES string of the molecule is Cc1ccc(C)c(Cn2cnc3cc(F)c(F)cc32)c1. The first kappa shape index (κ1) is 12.8. The summed E-state index contributed by atoms with van der Waals surface area (Å²) in [6, 6.07) is 8.54. The van der Waals surface area contributed by atoms with Crippen molar-refractivity contribution >= 4 is 11.0 Å². The summed E-state index contributed by atoms with van der Waals surface area (Å²) in [4.78, 5) is 4.13. The van der Waals surface area contributed by atoms with Crippen LogP contribution in [0.3, 0.4) is 0 Å². The largest absolute Gasteiger partial charge is 0.326 e. The molecule has 0 aliphatic rings. The molecular weight excluding hydrogens is 258 g/mol. The van der Waals surface area contributed by atoms with Gasteiger partial charge in [0.15, 0.2) is 11.6 Å². The lowest BCUT2D eigenvalue weighted by Gasteiger charge is -2.09. The minimum absolute atomic E-state index is 0.467. The summed E-state index contributed by atoms with van der Waals surface area (Å²) >= 11 is 0. The fourth-order valence-electron chi connectivity index (χ4n) is 2.33. The molecule has 0 fully saturated rings. The van der Waals surface area contributed by atoms with Gasteiger partial charge in [0.1, 0.15) is 0 Å². The third-order valence-electron chi connectivity index (χ3n) is 3.51. The second-order valence-electron chi connectivity index (χ2n) is 5.06. The molecule has 1 heterocycles. The molecule has 102 valence electrons. The molecule has 4 heteroatoms. The lowest BCUT2D eigenvalue weighted by Crippen LogP contribution is -2.01. The maximum atomic E-state index is 13.4. The minimum Gasteiger partial charge on any atom is -0.326 e. The molecule has 0 radical (unpaired) electrons. The van der Waals surface area contributed by atoms with Crippen LogP contribution in [0.15, 0.2) is 36.7 Å². The van der Waals surface area contributed by atoms with Gasteiger partial charge in [0.2, 0.25) is 0 Å². The van der Waals surface area contributed by atoms with Crippen molar-refractivity contribution in [3.8, 4) is 0 Å². The molecule has 0 bridgehead atoms. The summed E-state index contributed by atoms with van der Waals surface area (Å²) in [5.74, 6) is -1.71. The Labute approximate surface area is 115 Å². The van der Waals surface area contributed by atoms with Crippen LogP contribution in [-0.4, -0.2) is 9.55 Å². The van der Waals surface area contributed by atoms with E-state index in [4.69, 9.17) is 0 Å². The zero-order valence-electron chi connectivity index (χ0n) is 11.3. The van der Waals surface area contributed by atoms with E-state index in [2.05, 4.69) is 23.2 Å². The zero-order valence-corrected chi connectivity index (χ0v) is 11.3. The number of aromatic nitrogens is 2. The summed E-state index contributed by atoms with van der Waals surface area (Å²) in [5.41, 5.74) is 4.56. The van der Waals surface area contributed by atoms with Crippen molar-refractivity contribution in [3.63, 3.8) is 0 Å². The molecule has 0 spiro atoms. The van der Waals surface area contributed by atoms with Crippen molar-refractivity contribution in [3.05, 3.63) is 65.0 Å². The number of nitrogens with zero attached hydrogens (tertiary/aromatic N) is 2. The number of imidazole rings is 1. The van der Waals surface area contributed by atoms with Crippen LogP contribution < -0.4 is 0 Å². The first-order valence-corrected chi connectivity index (χ1v) is 6.40. The van der Waals surface area contributed by atoms with Crippen LogP contribution in [0.4, 0.5) is 8.78 Å². The highest BCUT2D eigenvalue weighted by Crippen LogP contribution is 2.20. The van der Waals surface area contributed by atoms with Gasteiger partial charge in [-0.25, -0.2) is 13.8 Å². The molecular formula is C16H14F2N2. The van der Waals surface area contributed by atoms with E-state index in [1.165, 1.54) is 17.2 Å². The minimum atomic E-state index is -0.866. The van der Waals surface area contributed by atoms with Crippen LogP contribution in [0, 0.1) is 25.5 Å². The van der Waals surface area contributed by atoms with Crippen LogP contribution in [0.1, 0.15) is 16.7 Å². The van der Waals surface area contributed by atoms with Crippen LogP contribution in [0.25, 0.3) is 11.0 Å². The zero-order chi connectivity index (χ0) is 14.3. The lowest BCUT2D eigenvalue weighted by atomic mass is 10.1. The maximum absolute atomic E-state index is 13.4. The molecule has 2 nitrogen and oxygen atoms in total. The molecule has 0 saturated carbocycles. The molecule has 3 rings (SSSR count). The smallest absolute Gasteiger partial charge is 0.161 e. The van der Waals surface area contributed by atoms with E-state index in [1.54, 1.807) is 6.33 Å². The predicted molar refractivity (Wildman–Crippen MR) is 74.7 cm³/mol. The van der Waals surface area contributed by atoms with E-state index in [0.717, 1.165) is 11.6 Å². The van der Waals surface area contributed by atoms with Gasteiger partial charge in [-0.05, 0) is 25.0 Å². The average Bonchev–Trinajstić information content (AvgIpc) is 2.77. The molecule has 0 amide bonds. The molecule has 20 heavy (non-hydrogen) atoms. The third kappa shape index (κ3) is 2.18. The predicted octanol–water partition coefficient (Wildman–Crippen LogP) is 3.98. The fourth-order valence-corrected chi connectivity index (χ4v) is 2.33. The summed E-state index contributed by atoms with van der Waals surface area (Å²) in [6.45, 7) is 4.66. The Morgan fingerprint density at radius 3 is 2.60 bits per heavy atom. The summed E-state index contributed by atoms with van der Waals surface area (Å²) in [5, 5.41) is 0. The van der Waals surface area contributed by atoms with Gasteiger partial charge >= 0.3 is 0 Å². The van der Waals surface area contributed by atoms with E-state index in [0.29, 0.717) is 17.6 Å². The van der Waals surface area contributed by atoms with Crippen molar-refractivity contribution in [2.75, 3.05) is 0 Å². The van der Waals surface area contributed by atoms with Crippen molar-refractivity contribution in [2.45, 2.75) is 20.4 Å². The van der Waals surface area contributed by atoms with Gasteiger partial charge in [-0.15, -0.1) is 0 Å². The van der Waals surface area contributed by atoms with E-state index < -0.39 is 11.6 Å². The third-order valence-corrected chi connectivity index (χ3v) is 3.51. The first-order valence-electron chi connectivity index (χ1n) is 6.40. The normalized spacial score (nSPS) is 11.2. The number of halogens is 2. The Kier molecular flexibility index (Phi) is 3.01. The van der Waals surface area contributed by atoms with Gasteiger partial charge in [-0.3, -0.25) is 0 Å². The maximum Gasteiger partial charge on any atom is 0.161 e. The first-order chi connectivity index (χ1) is 9.54. The highest BCUT2D eigenvalue weighted by atomic mass is 19.2. The monoisotopic (exact) mass is 272 g/mol. The van der Waals surface area contributed by atoms with E-state index in [-0.39, 0.29) is 0 Å². The average molecular weight is 272 g/mol. The Morgan fingerprint density at radius 1 is 1.05 bits per heavy atom. The number of aryl methyl sites for hydroxylation is 2. The molecule has 2 aromatic carbocycles. The summed E-state index contributed by atoms with van der Waals surface area (Å²) < 4.78 is 28.4. The lowest BCUT2D eigenvalue weighted by molar-refractivity contribution is 0.510. The van der Waals surface area contributed by atoms with Crippen molar-refractivity contribution in [1.29, 1.82) is 0 Å². The van der Waals surface area contributed by atoms with Crippen molar-refractivity contribution < 1.29 is 8.78 Å². The van der Waals surface area contributed by atoms with Gasteiger partial charge in [-0.1, -0.05) is 23.8 Å². The van der Waals surface area contributed by atoms with Crippen LogP contribution in [-0.2, 0) is 6.54 Å². The number of hydrogen-bond donors (Lipinski definition) is 0. The molecule has 0 atom stereocenters. The highest BCUT2D eigenvalue weighted by Gasteiger charge is 2.10. The van der Waals surface area contributed by atoms with Crippen molar-refractivity contribution in [1.82, 2.24) is 9.55 Å². The Bertz CT molecular complexity index is 791. The Hall–Kier alpha value is -2.23. The standard InChI is InChI=1S/C16H14F2N2/c1-10-3-4-11(2)12(5-10)8-20-9-19-15-6-13(17)14(18)7-16(15)20/h3-7,9H,8H2,1-2H3. The van der Waals surface area contributed by atoms with Gasteiger partial charge in [0, 0.05) is 18.7 Å². The van der Waals surface area contributed by atoms with Crippen molar-refractivity contribution in [2.24, 2.45) is 0 Å². The number of benzene rings is 2. The van der Waals surface area contributed by atoms with Gasteiger partial charge < -0.3 is 4.57 Å². The topological polar surface area (TPSA) is 17.8 Å². The second-order valence-corrected chi connectivity index (χ2v) is 5.06. The number of rotatable bonds is 2. The molecule has 0 saturated heterocycles. The number of hydrogen-bond acceptors (Lipinski definition) is 1. The molecule has 0 aliphatic heterocycles. The second kappa shape index (κ2) is 4.71. The molecule has 0 aliphatic carbocycles. The quantitative estimate of drug-likeness (QED) is 0.690. The van der Waals surface area contributed by atoms with Crippen LogP contribution >= 0.6 is 0 Å². The van der Waals surface area contributed by atoms with Gasteiger partial charge in [0.25, 0.3) is 0 Å². The van der Waals surface area contributed by atoms with Crippen LogP contribution in [0.2, 0.25) is 0 Å². The van der Waals surface area contributed by atoms with E-state index >= 15 is 0 Å². The number of fused-ring (bicyclic) bond motifs is 1.